The first-order chi connectivity index (χ1) is 24.5. The number of aliphatic hydroxyl groups is 6. The van der Waals surface area contributed by atoms with Gasteiger partial charge in [0.1, 0.15) is 23.9 Å². The van der Waals surface area contributed by atoms with Crippen molar-refractivity contribution < 1.29 is 69.1 Å². The highest BCUT2D eigenvalue weighted by molar-refractivity contribution is 5.80. The van der Waals surface area contributed by atoms with E-state index in [0.717, 1.165) is 0 Å². The van der Waals surface area contributed by atoms with Crippen molar-refractivity contribution in [2.45, 2.75) is 152 Å². The molecule has 294 valence electrons. The maximum absolute atomic E-state index is 12.8. The molecule has 2 bridgehead atoms. The van der Waals surface area contributed by atoms with Gasteiger partial charge < -0.3 is 60.4 Å². The van der Waals surface area contributed by atoms with E-state index in [-0.39, 0.29) is 44.3 Å². The first-order valence-electron chi connectivity index (χ1n) is 18.0. The molecule has 0 aromatic heterocycles. The van der Waals surface area contributed by atoms with E-state index in [4.69, 9.17) is 24.7 Å². The Morgan fingerprint density at radius 1 is 0.981 bits per heavy atom. The molecule has 0 amide bonds. The van der Waals surface area contributed by atoms with Crippen molar-refractivity contribution in [1.82, 2.24) is 0 Å². The lowest BCUT2D eigenvalue weighted by Crippen LogP contribution is -2.61. The summed E-state index contributed by atoms with van der Waals surface area (Å²) in [7, 11) is 0. The van der Waals surface area contributed by atoms with Crippen LogP contribution >= 0.6 is 0 Å². The second-order valence-corrected chi connectivity index (χ2v) is 14.1. The second kappa shape index (κ2) is 20.6. The summed E-state index contributed by atoms with van der Waals surface area (Å²) in [6, 6.07) is -1.10. The number of ether oxygens (including phenoxy) is 4. The van der Waals surface area contributed by atoms with Crippen LogP contribution in [0, 0.1) is 11.8 Å². The van der Waals surface area contributed by atoms with Gasteiger partial charge in [0.05, 0.1) is 54.7 Å². The molecule has 0 spiro atoms. The average molecular weight is 740 g/mol. The van der Waals surface area contributed by atoms with E-state index in [9.17, 15) is 50.1 Å². The Bertz CT molecular complexity index is 1290. The number of hydrogen-bond donors (Lipinski definition) is 8. The lowest BCUT2D eigenvalue weighted by atomic mass is 9.83. The summed E-state index contributed by atoms with van der Waals surface area (Å²) in [4.78, 5) is 37.8. The van der Waals surface area contributed by atoms with Crippen LogP contribution < -0.4 is 5.73 Å². The zero-order valence-electron chi connectivity index (χ0n) is 30.1. The van der Waals surface area contributed by atoms with Gasteiger partial charge in [-0.25, -0.2) is 0 Å². The van der Waals surface area contributed by atoms with Gasteiger partial charge in [-0.05, 0) is 33.1 Å². The number of carboxylic acids is 1. The molecule has 9 N–H and O–H groups in total. The average Bonchev–Trinajstić information content (AvgIpc) is 3.04. The fourth-order valence-electron chi connectivity index (χ4n) is 6.72. The van der Waals surface area contributed by atoms with Crippen LogP contribution in [0.5, 0.6) is 0 Å². The van der Waals surface area contributed by atoms with Gasteiger partial charge in [-0.2, -0.15) is 0 Å². The number of nitrogens with two attached hydrogens (primary N) is 1. The summed E-state index contributed by atoms with van der Waals surface area (Å²) in [5.74, 6) is -6.84. The van der Waals surface area contributed by atoms with Gasteiger partial charge in [0.25, 0.3) is 0 Å². The zero-order valence-corrected chi connectivity index (χ0v) is 30.1. The van der Waals surface area contributed by atoms with Crippen LogP contribution in [-0.2, 0) is 33.3 Å². The van der Waals surface area contributed by atoms with Crippen LogP contribution in [0.1, 0.15) is 78.6 Å². The van der Waals surface area contributed by atoms with E-state index in [1.807, 2.05) is 0 Å². The number of aliphatic carboxylic acids is 1. The maximum atomic E-state index is 12.8. The number of allylic oxidation sites excluding steroid dienone is 6. The van der Waals surface area contributed by atoms with Gasteiger partial charge in [0, 0.05) is 38.5 Å². The van der Waals surface area contributed by atoms with Crippen molar-refractivity contribution in [3.05, 3.63) is 48.6 Å². The van der Waals surface area contributed by atoms with Crippen molar-refractivity contribution in [1.29, 1.82) is 0 Å². The third kappa shape index (κ3) is 12.9. The number of aliphatic hydroxyl groups excluding tert-OH is 5. The number of rotatable bonds is 4. The molecule has 2 saturated heterocycles. The summed E-state index contributed by atoms with van der Waals surface area (Å²) < 4.78 is 23.1. The molecule has 3 aliphatic rings. The molecule has 0 aromatic carbocycles. The third-order valence-corrected chi connectivity index (χ3v) is 9.66. The Morgan fingerprint density at radius 2 is 1.65 bits per heavy atom. The SMILES string of the molecule is CCC1C(=O)O[C@H](C)C/C=C/C=C/C=C/C=C/C(O[C@@H]2O[C@H](C)[C@@H](O)[C@H](N)[C@@H]2O)C[C@@H]2O[C@](O)(C[C@@H](O)CCCC(=O)C[C@H]1O)C[C@H](O)[C@H]2C(=O)O. The van der Waals surface area contributed by atoms with Crippen LogP contribution in [0.4, 0.5) is 0 Å². The highest BCUT2D eigenvalue weighted by Crippen LogP contribution is 2.38. The van der Waals surface area contributed by atoms with Gasteiger partial charge in [0.15, 0.2) is 12.1 Å². The lowest BCUT2D eigenvalue weighted by molar-refractivity contribution is -0.308. The molecule has 15 heteroatoms. The molecule has 3 heterocycles. The summed E-state index contributed by atoms with van der Waals surface area (Å²) in [5.41, 5.74) is 5.98. The fourth-order valence-corrected chi connectivity index (χ4v) is 6.72. The van der Waals surface area contributed by atoms with Crippen LogP contribution in [0.25, 0.3) is 0 Å². The predicted molar refractivity (Wildman–Crippen MR) is 186 cm³/mol. The van der Waals surface area contributed by atoms with Crippen LogP contribution in [0.3, 0.4) is 0 Å². The van der Waals surface area contributed by atoms with E-state index >= 15 is 0 Å². The smallest absolute Gasteiger partial charge is 0.311 e. The molecule has 0 saturated carbocycles. The highest BCUT2D eigenvalue weighted by atomic mass is 16.7. The Hall–Kier alpha value is -2.83. The number of carbonyl (C=O) groups is 3. The van der Waals surface area contributed by atoms with Gasteiger partial charge >= 0.3 is 11.9 Å². The van der Waals surface area contributed by atoms with Crippen LogP contribution in [0.15, 0.2) is 48.6 Å². The van der Waals surface area contributed by atoms with E-state index < -0.39 is 110 Å². The summed E-state index contributed by atoms with van der Waals surface area (Å²) in [6.07, 6.45) is 1.33. The van der Waals surface area contributed by atoms with Crippen molar-refractivity contribution >= 4 is 17.7 Å². The van der Waals surface area contributed by atoms with Crippen LogP contribution in [-0.4, -0.2) is 127 Å². The number of esters is 1. The van der Waals surface area contributed by atoms with E-state index in [1.54, 1.807) is 69.4 Å². The number of fused-ring (bicyclic) bond motifs is 2. The van der Waals surface area contributed by atoms with Crippen molar-refractivity contribution in [3.63, 3.8) is 0 Å². The molecule has 0 aromatic rings. The van der Waals surface area contributed by atoms with Crippen LogP contribution in [0.2, 0.25) is 0 Å². The summed E-state index contributed by atoms with van der Waals surface area (Å²) >= 11 is 0. The molecule has 0 radical (unpaired) electrons. The predicted octanol–water partition coefficient (Wildman–Crippen LogP) is 0.923. The molecular weight excluding hydrogens is 682 g/mol. The minimum absolute atomic E-state index is 0.0197. The van der Waals surface area contributed by atoms with Crippen molar-refractivity contribution in [2.75, 3.05) is 0 Å². The number of hydrogen-bond acceptors (Lipinski definition) is 14. The van der Waals surface area contributed by atoms with Gasteiger partial charge in [0.2, 0.25) is 0 Å². The number of carbonyl (C=O) groups excluding carboxylic acids is 2. The van der Waals surface area contributed by atoms with Gasteiger partial charge in [-0.3, -0.25) is 14.4 Å². The molecule has 15 nitrogen and oxygen atoms in total. The molecule has 3 rings (SSSR count). The molecule has 3 aliphatic heterocycles. The summed E-state index contributed by atoms with van der Waals surface area (Å²) in [5, 5.41) is 74.8. The van der Waals surface area contributed by atoms with Crippen molar-refractivity contribution in [3.8, 4) is 0 Å². The third-order valence-electron chi connectivity index (χ3n) is 9.66. The van der Waals surface area contributed by atoms with Crippen molar-refractivity contribution in [2.24, 2.45) is 17.6 Å². The Morgan fingerprint density at radius 3 is 2.33 bits per heavy atom. The zero-order chi connectivity index (χ0) is 38.6. The van der Waals surface area contributed by atoms with E-state index in [2.05, 4.69) is 0 Å². The molecule has 2 fully saturated rings. The first kappa shape index (κ1) is 43.6. The standard InChI is InChI=1S/C37H57NO14/c1-4-26-27(41)17-23(39)14-12-15-24(40)19-37(48)20-28(42)30(34(45)46)29(52-37)18-25(51-36-33(44)31(38)32(43)22(3)50-36)16-11-9-7-5-6-8-10-13-21(2)49-35(26)47/h5-11,16,21-22,24-33,36,40-44,48H,4,12-15,17-20,38H2,1-3H3,(H,45,46)/b6-5+,9-7+,10-8+,16-11+/t21-,22-,24+,25?,26?,27-,28+,29+,30-,31+,32-,33+,36+,37-/m1/s1. The number of cyclic esters (lactones) is 1. The van der Waals surface area contributed by atoms with E-state index in [0.29, 0.717) is 6.42 Å². The second-order valence-electron chi connectivity index (χ2n) is 14.1. The first-order valence-corrected chi connectivity index (χ1v) is 18.0. The largest absolute Gasteiger partial charge is 0.481 e. The molecular formula is C37H57NO14. The molecule has 2 unspecified atom stereocenters. The fraction of sp³-hybridized carbons (Fsp3) is 0.703. The Labute approximate surface area is 304 Å². The van der Waals surface area contributed by atoms with Gasteiger partial charge in [-0.15, -0.1) is 0 Å². The number of carboxylic acid groups (broad SMARTS) is 1. The summed E-state index contributed by atoms with van der Waals surface area (Å²) in [6.45, 7) is 5.00. The van der Waals surface area contributed by atoms with Gasteiger partial charge in [-0.1, -0.05) is 55.5 Å². The normalized spacial score (nSPS) is 43.5. The highest BCUT2D eigenvalue weighted by Gasteiger charge is 2.50. The minimum Gasteiger partial charge on any atom is -0.481 e. The molecule has 52 heavy (non-hydrogen) atoms. The Balaban J connectivity index is 1.88. The Kier molecular flexibility index (Phi) is 17.2. The maximum Gasteiger partial charge on any atom is 0.311 e. The molecule has 14 atom stereocenters. The lowest BCUT2D eigenvalue weighted by Gasteiger charge is -2.45. The number of Topliss-reactive ketones (excluding diaryl/α,β-unsaturated/α-hetero) is 1. The molecule has 0 aliphatic carbocycles. The minimum atomic E-state index is -2.15. The monoisotopic (exact) mass is 739 g/mol. The number of ketones is 1. The quantitative estimate of drug-likeness (QED) is 0.187. The topological polar surface area (TPSA) is 256 Å². The van der Waals surface area contributed by atoms with E-state index in [1.165, 1.54) is 0 Å².